The Labute approximate surface area is 257 Å². The number of fused-ring (bicyclic) bond motifs is 5. The van der Waals surface area contributed by atoms with Crippen LogP contribution in [0, 0.1) is 28.6 Å². The predicted molar refractivity (Wildman–Crippen MR) is 158 cm³/mol. The molecule has 0 spiro atoms. The van der Waals surface area contributed by atoms with E-state index < -0.39 is 69.4 Å². The van der Waals surface area contributed by atoms with Crippen molar-refractivity contribution in [2.24, 2.45) is 22.7 Å². The minimum absolute atomic E-state index is 0.0489. The van der Waals surface area contributed by atoms with Crippen LogP contribution in [0.15, 0.2) is 41.6 Å². The lowest BCUT2D eigenvalue weighted by molar-refractivity contribution is -0.314. The highest BCUT2D eigenvalue weighted by Gasteiger charge is 2.81. The van der Waals surface area contributed by atoms with E-state index >= 15 is 0 Å². The lowest BCUT2D eigenvalue weighted by Crippen LogP contribution is -2.78. The molecule has 5 rings (SSSR count). The van der Waals surface area contributed by atoms with Crippen LogP contribution < -0.4 is 0 Å². The first-order valence-electron chi connectivity index (χ1n) is 15.5. The fourth-order valence-corrected chi connectivity index (χ4v) is 8.70. The quantitative estimate of drug-likeness (QED) is 0.184. The third kappa shape index (κ3) is 4.58. The standard InChI is InChI=1S/C34H44FNO8/c1-19(2)20(3)15-28(38)44-26-17-25-30(5)11-10-24(43-29(39)22-7-8-27(35)36-18-22)16-23(30)9-12-33(25,41)34(42)14-13-32(40,21(4)37)31(26,34)6/h7-9,15,18-19,24-26,40-42H,10-14,16-17H2,1-6H3/b20-15+/t24-,25?,26+,30-,31+,32+,33-,34+/m0/s1. The van der Waals surface area contributed by atoms with Gasteiger partial charge < -0.3 is 24.8 Å². The summed E-state index contributed by atoms with van der Waals surface area (Å²) in [7, 11) is 0. The summed E-state index contributed by atoms with van der Waals surface area (Å²) in [6, 6.07) is 2.42. The molecule has 0 radical (unpaired) electrons. The van der Waals surface area contributed by atoms with Crippen LogP contribution in [0.5, 0.6) is 0 Å². The molecular formula is C34H44FNO8. The Balaban J connectivity index is 1.49. The monoisotopic (exact) mass is 613 g/mol. The Morgan fingerprint density at radius 2 is 1.77 bits per heavy atom. The van der Waals surface area contributed by atoms with Crippen LogP contribution in [0.2, 0.25) is 0 Å². The Hall–Kier alpha value is -2.95. The molecule has 1 aromatic heterocycles. The minimum Gasteiger partial charge on any atom is -0.458 e. The fraction of sp³-hybridized carbons (Fsp3) is 0.647. The van der Waals surface area contributed by atoms with Gasteiger partial charge in [0.2, 0.25) is 5.95 Å². The fourth-order valence-electron chi connectivity index (χ4n) is 8.70. The number of carbonyl (C=O) groups excluding carboxylic acids is 3. The van der Waals surface area contributed by atoms with Crippen molar-refractivity contribution in [3.63, 3.8) is 0 Å². The molecule has 1 aromatic rings. The van der Waals surface area contributed by atoms with E-state index in [-0.39, 0.29) is 37.2 Å². The van der Waals surface area contributed by atoms with Crippen LogP contribution in [0.25, 0.3) is 0 Å². The van der Waals surface area contributed by atoms with Gasteiger partial charge in [0.15, 0.2) is 5.78 Å². The van der Waals surface area contributed by atoms with Crippen LogP contribution in [-0.2, 0) is 19.1 Å². The minimum atomic E-state index is -2.02. The number of rotatable bonds is 6. The average Bonchev–Trinajstić information content (AvgIpc) is 3.19. The largest absolute Gasteiger partial charge is 0.458 e. The van der Waals surface area contributed by atoms with Crippen molar-refractivity contribution in [2.75, 3.05) is 0 Å². The van der Waals surface area contributed by atoms with Crippen LogP contribution in [0.3, 0.4) is 0 Å². The number of carbonyl (C=O) groups is 3. The molecule has 1 unspecified atom stereocenters. The van der Waals surface area contributed by atoms with E-state index in [1.165, 1.54) is 19.1 Å². The van der Waals surface area contributed by atoms with Crippen molar-refractivity contribution in [2.45, 2.75) is 115 Å². The number of aliphatic hydroxyl groups is 3. The van der Waals surface area contributed by atoms with Gasteiger partial charge in [-0.2, -0.15) is 4.39 Å². The van der Waals surface area contributed by atoms with E-state index in [0.717, 1.165) is 23.4 Å². The summed E-state index contributed by atoms with van der Waals surface area (Å²) in [5.41, 5.74) is -6.12. The first kappa shape index (κ1) is 32.4. The van der Waals surface area contributed by atoms with E-state index in [2.05, 4.69) is 4.98 Å². The van der Waals surface area contributed by atoms with Gasteiger partial charge in [0.1, 0.15) is 29.0 Å². The van der Waals surface area contributed by atoms with Crippen molar-refractivity contribution in [3.8, 4) is 0 Å². The van der Waals surface area contributed by atoms with Crippen molar-refractivity contribution in [1.29, 1.82) is 0 Å². The highest BCUT2D eigenvalue weighted by Crippen LogP contribution is 2.71. The summed E-state index contributed by atoms with van der Waals surface area (Å²) >= 11 is 0. The number of pyridine rings is 1. The lowest BCUT2D eigenvalue weighted by Gasteiger charge is -2.67. The van der Waals surface area contributed by atoms with Gasteiger partial charge in [0.25, 0.3) is 0 Å². The maximum atomic E-state index is 13.2. The topological polar surface area (TPSA) is 143 Å². The summed E-state index contributed by atoms with van der Waals surface area (Å²) in [5.74, 6) is -2.97. The molecular weight excluding hydrogens is 569 g/mol. The molecule has 3 N–H and O–H groups in total. The second-order valence-electron chi connectivity index (χ2n) is 14.2. The third-order valence-electron chi connectivity index (χ3n) is 11.9. The van der Waals surface area contributed by atoms with Crippen molar-refractivity contribution in [3.05, 3.63) is 53.1 Å². The predicted octanol–water partition coefficient (Wildman–Crippen LogP) is 4.38. The van der Waals surface area contributed by atoms with E-state index in [1.54, 1.807) is 6.92 Å². The molecule has 44 heavy (non-hydrogen) atoms. The molecule has 0 aromatic carbocycles. The number of ether oxygens (including phenoxy) is 2. The first-order valence-corrected chi connectivity index (χ1v) is 15.5. The number of nitrogens with zero attached hydrogens (tertiary/aromatic N) is 1. The highest BCUT2D eigenvalue weighted by atomic mass is 19.1. The molecule has 4 aliphatic carbocycles. The SMILES string of the molecule is CC(=O)[C@]1(O)CC[C@@]2(O)[C@]1(C)[C@H](OC(=O)/C=C(\C)C(C)C)CC1[C@@]3(C)CC[C@H](OC(=O)c4ccc(F)nc4)CC3=CC[C@]12O. The van der Waals surface area contributed by atoms with Gasteiger partial charge in [-0.05, 0) is 82.8 Å². The normalized spacial score (nSPS) is 39.9. The Morgan fingerprint density at radius 1 is 1.07 bits per heavy atom. The summed E-state index contributed by atoms with van der Waals surface area (Å²) < 4.78 is 25.1. The zero-order valence-corrected chi connectivity index (χ0v) is 26.4. The molecule has 1 heterocycles. The second kappa shape index (κ2) is 10.8. The van der Waals surface area contributed by atoms with E-state index in [9.17, 15) is 34.1 Å². The average molecular weight is 614 g/mol. The highest BCUT2D eigenvalue weighted by molar-refractivity contribution is 5.89. The number of halogens is 1. The number of hydrogen-bond acceptors (Lipinski definition) is 9. The summed E-state index contributed by atoms with van der Waals surface area (Å²) in [6.07, 6.45) is 4.30. The first-order chi connectivity index (χ1) is 20.4. The molecule has 0 aliphatic heterocycles. The number of esters is 2. The maximum absolute atomic E-state index is 13.2. The molecule has 10 heteroatoms. The summed E-state index contributed by atoms with van der Waals surface area (Å²) in [4.78, 5) is 42.5. The summed E-state index contributed by atoms with van der Waals surface area (Å²) in [6.45, 7) is 10.6. The van der Waals surface area contributed by atoms with Gasteiger partial charge in [0, 0.05) is 24.6 Å². The van der Waals surface area contributed by atoms with Crippen LogP contribution in [0.1, 0.15) is 96.8 Å². The summed E-state index contributed by atoms with van der Waals surface area (Å²) in [5, 5.41) is 37.0. The van der Waals surface area contributed by atoms with Gasteiger partial charge >= 0.3 is 11.9 Å². The van der Waals surface area contributed by atoms with Gasteiger partial charge in [-0.15, -0.1) is 0 Å². The zero-order valence-electron chi connectivity index (χ0n) is 26.4. The molecule has 8 atom stereocenters. The number of hydrogen-bond donors (Lipinski definition) is 3. The maximum Gasteiger partial charge on any atom is 0.339 e. The van der Waals surface area contributed by atoms with Gasteiger partial charge in [-0.25, -0.2) is 14.6 Å². The van der Waals surface area contributed by atoms with Crippen LogP contribution >= 0.6 is 0 Å². The van der Waals surface area contributed by atoms with E-state index in [1.807, 2.05) is 33.8 Å². The van der Waals surface area contributed by atoms with Gasteiger partial charge in [0.05, 0.1) is 11.0 Å². The van der Waals surface area contributed by atoms with Crippen molar-refractivity contribution < 1.29 is 43.6 Å². The lowest BCUT2D eigenvalue weighted by atomic mass is 9.42. The number of ketones is 1. The van der Waals surface area contributed by atoms with Crippen molar-refractivity contribution >= 4 is 17.7 Å². The Bertz CT molecular complexity index is 1420. The molecule has 0 amide bonds. The molecule has 240 valence electrons. The van der Waals surface area contributed by atoms with Gasteiger partial charge in [-0.1, -0.05) is 38.0 Å². The van der Waals surface area contributed by atoms with Crippen LogP contribution in [-0.4, -0.2) is 67.0 Å². The smallest absolute Gasteiger partial charge is 0.339 e. The third-order valence-corrected chi connectivity index (χ3v) is 11.9. The zero-order chi connectivity index (χ0) is 32.5. The Morgan fingerprint density at radius 3 is 2.39 bits per heavy atom. The van der Waals surface area contributed by atoms with Crippen LogP contribution in [0.4, 0.5) is 4.39 Å². The number of aromatic nitrogens is 1. The number of allylic oxidation sites excluding steroid dienone is 1. The molecule has 3 fully saturated rings. The van der Waals surface area contributed by atoms with E-state index in [0.29, 0.717) is 19.3 Å². The second-order valence-corrected chi connectivity index (χ2v) is 14.2. The van der Waals surface area contributed by atoms with Gasteiger partial charge in [-0.3, -0.25) is 4.79 Å². The molecule has 4 aliphatic rings. The van der Waals surface area contributed by atoms with Crippen molar-refractivity contribution in [1.82, 2.24) is 4.98 Å². The molecule has 0 bridgehead atoms. The number of Topliss-reactive ketones (excluding diaryl/α,β-unsaturated/α-hetero) is 1. The molecule has 3 saturated carbocycles. The molecule has 9 nitrogen and oxygen atoms in total. The Kier molecular flexibility index (Phi) is 8.00. The molecule has 0 saturated heterocycles. The van der Waals surface area contributed by atoms with E-state index in [4.69, 9.17) is 9.47 Å².